The first kappa shape index (κ1) is 15.9. The molecule has 6 nitrogen and oxygen atoms in total. The number of aromatic carboxylic acids is 1. The Morgan fingerprint density at radius 1 is 1.38 bits per heavy atom. The SMILES string of the molecule is Cc1cc(S(=O)(=O)Nc2snc(C)c2C(=O)O)ccc1Br. The highest BCUT2D eigenvalue weighted by Gasteiger charge is 2.23. The van der Waals surface area contributed by atoms with E-state index in [1.807, 2.05) is 0 Å². The van der Waals surface area contributed by atoms with E-state index >= 15 is 0 Å². The largest absolute Gasteiger partial charge is 0.478 e. The van der Waals surface area contributed by atoms with Gasteiger partial charge in [-0.2, -0.15) is 4.37 Å². The summed E-state index contributed by atoms with van der Waals surface area (Å²) < 4.78 is 31.6. The van der Waals surface area contributed by atoms with E-state index in [0.29, 0.717) is 0 Å². The van der Waals surface area contributed by atoms with E-state index in [1.54, 1.807) is 13.0 Å². The van der Waals surface area contributed by atoms with Crippen LogP contribution in [-0.2, 0) is 10.0 Å². The average Bonchev–Trinajstić information content (AvgIpc) is 2.73. The third-order valence-corrected chi connectivity index (χ3v) is 5.96. The van der Waals surface area contributed by atoms with Crippen molar-refractivity contribution in [3.05, 3.63) is 39.5 Å². The second kappa shape index (κ2) is 5.74. The molecule has 21 heavy (non-hydrogen) atoms. The lowest BCUT2D eigenvalue weighted by Gasteiger charge is -2.08. The fourth-order valence-electron chi connectivity index (χ4n) is 1.66. The van der Waals surface area contributed by atoms with Crippen LogP contribution in [0.25, 0.3) is 0 Å². The number of carboxylic acids is 1. The molecule has 0 spiro atoms. The quantitative estimate of drug-likeness (QED) is 0.835. The molecule has 1 aromatic heterocycles. The van der Waals surface area contributed by atoms with Gasteiger partial charge >= 0.3 is 5.97 Å². The minimum atomic E-state index is -3.86. The number of nitrogens with one attached hydrogen (secondary N) is 1. The molecule has 0 aliphatic heterocycles. The van der Waals surface area contributed by atoms with Crippen LogP contribution in [0.1, 0.15) is 21.6 Å². The monoisotopic (exact) mass is 390 g/mol. The zero-order valence-electron chi connectivity index (χ0n) is 11.0. The van der Waals surface area contributed by atoms with Gasteiger partial charge < -0.3 is 5.11 Å². The van der Waals surface area contributed by atoms with Gasteiger partial charge in [-0.15, -0.1) is 0 Å². The first-order valence-corrected chi connectivity index (χ1v) is 8.76. The summed E-state index contributed by atoms with van der Waals surface area (Å²) in [5.41, 5.74) is 0.909. The van der Waals surface area contributed by atoms with E-state index in [0.717, 1.165) is 21.6 Å². The summed E-state index contributed by atoms with van der Waals surface area (Å²) in [6.07, 6.45) is 0. The molecule has 0 amide bonds. The fraction of sp³-hybridized carbons (Fsp3) is 0.167. The van der Waals surface area contributed by atoms with Crippen molar-refractivity contribution in [3.63, 3.8) is 0 Å². The van der Waals surface area contributed by atoms with Gasteiger partial charge in [-0.25, -0.2) is 13.2 Å². The Bertz CT molecular complexity index is 815. The Morgan fingerprint density at radius 3 is 2.62 bits per heavy atom. The molecular weight excluding hydrogens is 380 g/mol. The molecule has 0 bridgehead atoms. The lowest BCUT2D eigenvalue weighted by molar-refractivity contribution is 0.0697. The van der Waals surface area contributed by atoms with Gasteiger partial charge in [0.25, 0.3) is 10.0 Å². The highest BCUT2D eigenvalue weighted by molar-refractivity contribution is 9.10. The van der Waals surface area contributed by atoms with Crippen LogP contribution >= 0.6 is 27.5 Å². The highest BCUT2D eigenvalue weighted by Crippen LogP contribution is 2.28. The molecular formula is C12H11BrN2O4S2. The number of benzene rings is 1. The molecule has 2 aromatic rings. The maximum atomic E-state index is 12.3. The van der Waals surface area contributed by atoms with Gasteiger partial charge in [0.15, 0.2) is 0 Å². The van der Waals surface area contributed by atoms with Gasteiger partial charge in [0.05, 0.1) is 10.6 Å². The minimum Gasteiger partial charge on any atom is -0.478 e. The van der Waals surface area contributed by atoms with Crippen molar-refractivity contribution in [2.75, 3.05) is 4.72 Å². The van der Waals surface area contributed by atoms with E-state index < -0.39 is 16.0 Å². The van der Waals surface area contributed by atoms with Gasteiger partial charge in [-0.1, -0.05) is 15.9 Å². The van der Waals surface area contributed by atoms with Crippen molar-refractivity contribution in [1.29, 1.82) is 0 Å². The third-order valence-electron chi connectivity index (χ3n) is 2.74. The fourth-order valence-corrected chi connectivity index (χ4v) is 4.07. The summed E-state index contributed by atoms with van der Waals surface area (Å²) >= 11 is 4.10. The number of carboxylic acid groups (broad SMARTS) is 1. The zero-order chi connectivity index (χ0) is 15.8. The Kier molecular flexibility index (Phi) is 4.35. The first-order valence-electron chi connectivity index (χ1n) is 5.71. The summed E-state index contributed by atoms with van der Waals surface area (Å²) in [5, 5.41) is 9.11. The number of anilines is 1. The predicted octanol–water partition coefficient (Wildman–Crippen LogP) is 3.02. The van der Waals surface area contributed by atoms with E-state index in [9.17, 15) is 13.2 Å². The van der Waals surface area contributed by atoms with Crippen LogP contribution in [0.2, 0.25) is 0 Å². The van der Waals surface area contributed by atoms with Crippen LogP contribution in [-0.4, -0.2) is 23.9 Å². The number of hydrogen-bond acceptors (Lipinski definition) is 5. The van der Waals surface area contributed by atoms with Crippen molar-refractivity contribution in [3.8, 4) is 0 Å². The Balaban J connectivity index is 2.42. The van der Waals surface area contributed by atoms with Crippen molar-refractivity contribution in [2.24, 2.45) is 0 Å². The van der Waals surface area contributed by atoms with Gasteiger partial charge in [-0.05, 0) is 49.1 Å². The minimum absolute atomic E-state index is 0.000529. The Morgan fingerprint density at radius 2 is 2.05 bits per heavy atom. The van der Waals surface area contributed by atoms with Gasteiger partial charge in [0, 0.05) is 4.47 Å². The molecule has 112 valence electrons. The van der Waals surface area contributed by atoms with Crippen LogP contribution in [0, 0.1) is 13.8 Å². The van der Waals surface area contributed by atoms with E-state index in [1.165, 1.54) is 19.1 Å². The van der Waals surface area contributed by atoms with Gasteiger partial charge in [-0.3, -0.25) is 4.72 Å². The maximum absolute atomic E-state index is 12.3. The van der Waals surface area contributed by atoms with Crippen LogP contribution in [0.15, 0.2) is 27.6 Å². The normalized spacial score (nSPS) is 11.4. The number of hydrogen-bond donors (Lipinski definition) is 2. The van der Waals surface area contributed by atoms with Crippen LogP contribution in [0.3, 0.4) is 0 Å². The third kappa shape index (κ3) is 3.25. The predicted molar refractivity (Wildman–Crippen MR) is 83.5 cm³/mol. The van der Waals surface area contributed by atoms with Crippen molar-refractivity contribution in [2.45, 2.75) is 18.7 Å². The van der Waals surface area contributed by atoms with Crippen molar-refractivity contribution < 1.29 is 18.3 Å². The molecule has 0 aliphatic rings. The molecule has 0 radical (unpaired) electrons. The second-order valence-electron chi connectivity index (χ2n) is 4.29. The average molecular weight is 391 g/mol. The summed E-state index contributed by atoms with van der Waals surface area (Å²) in [6, 6.07) is 4.56. The number of aromatic nitrogens is 1. The number of rotatable bonds is 4. The number of carbonyl (C=O) groups is 1. The summed E-state index contributed by atoms with van der Waals surface area (Å²) in [5.74, 6) is -1.22. The lowest BCUT2D eigenvalue weighted by atomic mass is 10.2. The van der Waals surface area contributed by atoms with Crippen LogP contribution < -0.4 is 4.72 Å². The number of halogens is 1. The maximum Gasteiger partial charge on any atom is 0.340 e. The Hall–Kier alpha value is -1.45. The standard InChI is InChI=1S/C12H11BrN2O4S2/c1-6-5-8(3-4-9(6)13)21(18,19)15-11-10(12(16)17)7(2)14-20-11/h3-5,15H,1-2H3,(H,16,17). The lowest BCUT2D eigenvalue weighted by Crippen LogP contribution is -2.14. The zero-order valence-corrected chi connectivity index (χ0v) is 14.3. The topological polar surface area (TPSA) is 96.4 Å². The van der Waals surface area contributed by atoms with Crippen molar-refractivity contribution >= 4 is 48.5 Å². The van der Waals surface area contributed by atoms with E-state index in [2.05, 4.69) is 25.0 Å². The first-order chi connectivity index (χ1) is 9.72. The van der Waals surface area contributed by atoms with Gasteiger partial charge in [0.1, 0.15) is 10.6 Å². The summed E-state index contributed by atoms with van der Waals surface area (Å²) in [6.45, 7) is 3.28. The number of aryl methyl sites for hydroxylation is 2. The molecule has 0 aliphatic carbocycles. The molecule has 0 fully saturated rings. The van der Waals surface area contributed by atoms with E-state index in [4.69, 9.17) is 5.11 Å². The number of nitrogens with zero attached hydrogens (tertiary/aromatic N) is 1. The summed E-state index contributed by atoms with van der Waals surface area (Å²) in [4.78, 5) is 11.2. The van der Waals surface area contributed by atoms with E-state index in [-0.39, 0.29) is 21.2 Å². The molecule has 0 unspecified atom stereocenters. The smallest absolute Gasteiger partial charge is 0.340 e. The summed E-state index contributed by atoms with van der Waals surface area (Å²) in [7, 11) is -3.86. The molecule has 1 heterocycles. The van der Waals surface area contributed by atoms with Crippen LogP contribution in [0.4, 0.5) is 5.00 Å². The van der Waals surface area contributed by atoms with Crippen LogP contribution in [0.5, 0.6) is 0 Å². The molecule has 0 atom stereocenters. The molecule has 9 heteroatoms. The second-order valence-corrected chi connectivity index (χ2v) is 7.60. The van der Waals surface area contributed by atoms with Crippen molar-refractivity contribution in [1.82, 2.24) is 4.37 Å². The number of sulfonamides is 1. The molecule has 0 saturated heterocycles. The Labute approximate surface area is 134 Å². The molecule has 1 aromatic carbocycles. The van der Waals surface area contributed by atoms with Gasteiger partial charge in [0.2, 0.25) is 0 Å². The highest BCUT2D eigenvalue weighted by atomic mass is 79.9. The molecule has 0 saturated carbocycles. The molecule has 2 rings (SSSR count). The molecule has 2 N–H and O–H groups in total.